The van der Waals surface area contributed by atoms with E-state index in [1.165, 1.54) is 4.90 Å². The largest absolute Gasteiger partial charge is 0.326 e. The lowest BCUT2D eigenvalue weighted by Gasteiger charge is -2.11. The van der Waals surface area contributed by atoms with Crippen molar-refractivity contribution in [2.75, 3.05) is 4.72 Å². The number of H-pyrrole nitrogens is 1. The van der Waals surface area contributed by atoms with Gasteiger partial charge in [-0.2, -0.15) is 16.4 Å². The normalized spacial score (nSPS) is 10.7. The molecule has 0 amide bonds. The van der Waals surface area contributed by atoms with Gasteiger partial charge in [-0.05, 0) is 41.1 Å². The van der Waals surface area contributed by atoms with Crippen molar-refractivity contribution in [1.82, 2.24) is 10.2 Å². The molecule has 0 aliphatic carbocycles. The van der Waals surface area contributed by atoms with Crippen LogP contribution in [0.15, 0.2) is 52.2 Å². The number of anilines is 1. The minimum atomic E-state index is 0.529. The SMILES string of the molecule is NCc1ccc(-c2ccn[nH]2)c(NSc2ccsc2)c1. The second-order valence-electron chi connectivity index (χ2n) is 4.22. The zero-order valence-electron chi connectivity index (χ0n) is 10.7. The van der Waals surface area contributed by atoms with Crippen molar-refractivity contribution in [1.29, 1.82) is 0 Å². The average Bonchev–Trinajstić information content (AvgIpc) is 3.18. The first-order valence-electron chi connectivity index (χ1n) is 6.14. The molecule has 3 rings (SSSR count). The van der Waals surface area contributed by atoms with Crippen molar-refractivity contribution in [3.63, 3.8) is 0 Å². The highest BCUT2D eigenvalue weighted by molar-refractivity contribution is 8.00. The van der Waals surface area contributed by atoms with Crippen LogP contribution in [-0.4, -0.2) is 10.2 Å². The Morgan fingerprint density at radius 1 is 1.30 bits per heavy atom. The molecule has 6 heteroatoms. The standard InChI is InChI=1S/C14H14N4S2/c15-8-10-1-2-12(13-3-5-16-17-13)14(7-10)18-20-11-4-6-19-9-11/h1-7,9,18H,8,15H2,(H,16,17). The lowest BCUT2D eigenvalue weighted by molar-refractivity contribution is 1.07. The second kappa shape index (κ2) is 6.13. The molecule has 2 aromatic heterocycles. The van der Waals surface area contributed by atoms with Gasteiger partial charge in [0.2, 0.25) is 0 Å². The summed E-state index contributed by atoms with van der Waals surface area (Å²) in [6.45, 7) is 0.529. The summed E-state index contributed by atoms with van der Waals surface area (Å²) >= 11 is 3.28. The smallest absolute Gasteiger partial charge is 0.0671 e. The molecule has 0 atom stereocenters. The third kappa shape index (κ3) is 2.87. The minimum absolute atomic E-state index is 0.529. The number of hydrogen-bond donors (Lipinski definition) is 3. The highest BCUT2D eigenvalue weighted by atomic mass is 32.2. The van der Waals surface area contributed by atoms with Gasteiger partial charge in [-0.3, -0.25) is 5.10 Å². The fraction of sp³-hybridized carbons (Fsp3) is 0.0714. The van der Waals surface area contributed by atoms with Gasteiger partial charge in [-0.15, -0.1) is 0 Å². The maximum atomic E-state index is 5.73. The van der Waals surface area contributed by atoms with Gasteiger partial charge in [0.1, 0.15) is 0 Å². The van der Waals surface area contributed by atoms with E-state index in [4.69, 9.17) is 5.73 Å². The third-order valence-electron chi connectivity index (χ3n) is 2.88. The molecule has 1 aromatic carbocycles. The first kappa shape index (κ1) is 13.2. The summed E-state index contributed by atoms with van der Waals surface area (Å²) in [5, 5.41) is 11.2. The maximum Gasteiger partial charge on any atom is 0.0671 e. The van der Waals surface area contributed by atoms with Gasteiger partial charge in [0.05, 0.1) is 11.4 Å². The van der Waals surface area contributed by atoms with Crippen LogP contribution in [0, 0.1) is 0 Å². The molecule has 0 saturated carbocycles. The van der Waals surface area contributed by atoms with Crippen molar-refractivity contribution in [2.24, 2.45) is 5.73 Å². The Morgan fingerprint density at radius 2 is 2.25 bits per heavy atom. The molecule has 0 bridgehead atoms. The summed E-state index contributed by atoms with van der Waals surface area (Å²) in [6, 6.07) is 10.2. The molecule has 2 heterocycles. The monoisotopic (exact) mass is 302 g/mol. The van der Waals surface area contributed by atoms with Crippen molar-refractivity contribution in [3.8, 4) is 11.3 Å². The molecule has 0 aliphatic rings. The predicted molar refractivity (Wildman–Crippen MR) is 85.7 cm³/mol. The van der Waals surface area contributed by atoms with Gasteiger partial charge in [0.25, 0.3) is 0 Å². The molecule has 4 nitrogen and oxygen atoms in total. The molecular formula is C14H14N4S2. The molecule has 20 heavy (non-hydrogen) atoms. The molecule has 0 saturated heterocycles. The van der Waals surface area contributed by atoms with E-state index in [9.17, 15) is 0 Å². The van der Waals surface area contributed by atoms with Crippen LogP contribution in [-0.2, 0) is 6.54 Å². The number of aromatic amines is 1. The van der Waals surface area contributed by atoms with Crippen molar-refractivity contribution < 1.29 is 0 Å². The van der Waals surface area contributed by atoms with Gasteiger partial charge in [0, 0.05) is 28.6 Å². The quantitative estimate of drug-likeness (QED) is 0.628. The zero-order chi connectivity index (χ0) is 13.8. The summed E-state index contributed by atoms with van der Waals surface area (Å²) in [6.07, 6.45) is 1.75. The van der Waals surface area contributed by atoms with Crippen molar-refractivity contribution in [3.05, 3.63) is 52.9 Å². The van der Waals surface area contributed by atoms with Crippen molar-refractivity contribution >= 4 is 29.0 Å². The number of rotatable bonds is 5. The molecule has 3 aromatic rings. The van der Waals surface area contributed by atoms with E-state index in [0.717, 1.165) is 22.5 Å². The van der Waals surface area contributed by atoms with E-state index < -0.39 is 0 Å². The fourth-order valence-electron chi connectivity index (χ4n) is 1.87. The molecule has 0 radical (unpaired) electrons. The van der Waals surface area contributed by atoms with Gasteiger partial charge < -0.3 is 10.5 Å². The highest BCUT2D eigenvalue weighted by Gasteiger charge is 2.08. The lowest BCUT2D eigenvalue weighted by atomic mass is 10.1. The van der Waals surface area contributed by atoms with Gasteiger partial charge in [0.15, 0.2) is 0 Å². The Bertz CT molecular complexity index is 663. The Kier molecular flexibility index (Phi) is 4.05. The zero-order valence-corrected chi connectivity index (χ0v) is 12.3. The maximum absolute atomic E-state index is 5.73. The molecule has 0 fully saturated rings. The van der Waals surface area contributed by atoms with Crippen LogP contribution in [0.3, 0.4) is 0 Å². The lowest BCUT2D eigenvalue weighted by Crippen LogP contribution is -1.98. The molecule has 0 spiro atoms. The number of nitrogens with two attached hydrogens (primary N) is 1. The summed E-state index contributed by atoms with van der Waals surface area (Å²) in [5.41, 5.74) is 9.93. The predicted octanol–water partition coefficient (Wildman–Crippen LogP) is 3.72. The third-order valence-corrected chi connectivity index (χ3v) is 4.53. The van der Waals surface area contributed by atoms with E-state index >= 15 is 0 Å². The molecule has 0 aliphatic heterocycles. The van der Waals surface area contributed by atoms with Crippen LogP contribution in [0.25, 0.3) is 11.3 Å². The van der Waals surface area contributed by atoms with Crippen LogP contribution in [0.2, 0.25) is 0 Å². The van der Waals surface area contributed by atoms with E-state index in [2.05, 4.69) is 43.9 Å². The average molecular weight is 302 g/mol. The molecule has 4 N–H and O–H groups in total. The van der Waals surface area contributed by atoms with Crippen LogP contribution >= 0.6 is 23.3 Å². The van der Waals surface area contributed by atoms with Gasteiger partial charge >= 0.3 is 0 Å². The molecule has 0 unspecified atom stereocenters. The van der Waals surface area contributed by atoms with E-state index in [1.54, 1.807) is 29.5 Å². The van der Waals surface area contributed by atoms with E-state index in [0.29, 0.717) is 6.54 Å². The number of hydrogen-bond acceptors (Lipinski definition) is 5. The summed E-state index contributed by atoms with van der Waals surface area (Å²) in [4.78, 5) is 1.20. The summed E-state index contributed by atoms with van der Waals surface area (Å²) in [7, 11) is 0. The topological polar surface area (TPSA) is 66.7 Å². The number of aromatic nitrogens is 2. The Balaban J connectivity index is 1.89. The molecular weight excluding hydrogens is 288 g/mol. The summed E-state index contributed by atoms with van der Waals surface area (Å²) < 4.78 is 3.40. The second-order valence-corrected chi connectivity index (χ2v) is 5.88. The number of nitrogens with one attached hydrogen (secondary N) is 2. The Labute approximate surface area is 125 Å². The van der Waals surface area contributed by atoms with E-state index in [1.807, 2.05) is 12.1 Å². The Hall–Kier alpha value is -1.76. The number of benzene rings is 1. The first-order chi connectivity index (χ1) is 9.86. The van der Waals surface area contributed by atoms with Crippen LogP contribution in [0.4, 0.5) is 5.69 Å². The van der Waals surface area contributed by atoms with Gasteiger partial charge in [-0.25, -0.2) is 0 Å². The van der Waals surface area contributed by atoms with Crippen LogP contribution in [0.5, 0.6) is 0 Å². The van der Waals surface area contributed by atoms with Crippen LogP contribution < -0.4 is 10.5 Å². The van der Waals surface area contributed by atoms with Crippen LogP contribution in [0.1, 0.15) is 5.56 Å². The Morgan fingerprint density at radius 3 is 2.95 bits per heavy atom. The fourth-order valence-corrected chi connectivity index (χ4v) is 3.36. The first-order valence-corrected chi connectivity index (χ1v) is 7.90. The van der Waals surface area contributed by atoms with Crippen molar-refractivity contribution in [2.45, 2.75) is 11.4 Å². The number of thiophene rings is 1. The highest BCUT2D eigenvalue weighted by Crippen LogP contribution is 2.31. The number of nitrogens with zero attached hydrogens (tertiary/aromatic N) is 1. The summed E-state index contributed by atoms with van der Waals surface area (Å²) in [5.74, 6) is 0. The minimum Gasteiger partial charge on any atom is -0.326 e. The van der Waals surface area contributed by atoms with E-state index in [-0.39, 0.29) is 0 Å². The van der Waals surface area contributed by atoms with Gasteiger partial charge in [-0.1, -0.05) is 12.1 Å². The molecule has 102 valence electrons.